The monoisotopic (exact) mass is 636 g/mol. The minimum atomic E-state index is -7.91. The second-order valence-electron chi connectivity index (χ2n) is 6.86. The summed E-state index contributed by atoms with van der Waals surface area (Å²) in [6.45, 7) is -5.52. The molecule has 0 rings (SSSR count). The van der Waals surface area contributed by atoms with E-state index in [0.29, 0.717) is 0 Å². The molecule has 3 nitrogen and oxygen atoms in total. The lowest BCUT2D eigenvalue weighted by molar-refractivity contribution is -0.553. The SMILES string of the molecule is C[Si](Cl)(Cl)CCCOCC(F)(OC(F)(F)C(F)(OC(F)(F)C(F)(F)C(F)(F)F)C(F)(F)F)C(F)(F)F. The molecule has 0 aromatic rings. The lowest BCUT2D eigenvalue weighted by Gasteiger charge is -2.40. The number of halogens is 19. The number of hydrogen-bond donors (Lipinski definition) is 0. The molecule has 0 N–H and O–H groups in total. The van der Waals surface area contributed by atoms with Crippen LogP contribution in [0.2, 0.25) is 12.6 Å². The summed E-state index contributed by atoms with van der Waals surface area (Å²) in [6, 6.07) is -0.184. The van der Waals surface area contributed by atoms with Crippen molar-refractivity contribution in [3.8, 4) is 0 Å². The summed E-state index contributed by atoms with van der Waals surface area (Å²) in [7, 11) is 0. The van der Waals surface area contributed by atoms with Crippen molar-refractivity contribution in [3.05, 3.63) is 0 Å². The fourth-order valence-electron chi connectivity index (χ4n) is 1.81. The van der Waals surface area contributed by atoms with Crippen LogP contribution in [0.4, 0.5) is 74.6 Å². The van der Waals surface area contributed by atoms with Gasteiger partial charge in [0.05, 0.1) is 0 Å². The summed E-state index contributed by atoms with van der Waals surface area (Å²) >= 11 is 11.2. The largest absolute Gasteiger partial charge is 0.462 e. The Kier molecular flexibility index (Phi) is 10.4. The van der Waals surface area contributed by atoms with Crippen molar-refractivity contribution in [2.45, 2.75) is 67.4 Å². The van der Waals surface area contributed by atoms with Crippen LogP contribution in [0.3, 0.4) is 0 Å². The minimum Gasteiger partial charge on any atom is -0.375 e. The van der Waals surface area contributed by atoms with Crippen LogP contribution < -0.4 is 0 Å². The summed E-state index contributed by atoms with van der Waals surface area (Å²) in [4.78, 5) is 0. The van der Waals surface area contributed by atoms with Gasteiger partial charge in [-0.25, -0.2) is 0 Å². The number of alkyl halides is 17. The molecule has 0 heterocycles. The Labute approximate surface area is 199 Å². The van der Waals surface area contributed by atoms with E-state index in [2.05, 4.69) is 9.47 Å². The molecule has 0 aromatic carbocycles. The number of rotatable bonds is 12. The Morgan fingerprint density at radius 1 is 0.611 bits per heavy atom. The number of ether oxygens (including phenoxy) is 3. The van der Waals surface area contributed by atoms with Gasteiger partial charge in [-0.3, -0.25) is 9.47 Å². The van der Waals surface area contributed by atoms with Crippen molar-refractivity contribution < 1.29 is 88.8 Å². The van der Waals surface area contributed by atoms with Crippen molar-refractivity contribution in [1.29, 1.82) is 0 Å². The highest BCUT2D eigenvalue weighted by Crippen LogP contribution is 2.56. The predicted octanol–water partition coefficient (Wildman–Crippen LogP) is 7.82. The first kappa shape index (κ1) is 35.5. The van der Waals surface area contributed by atoms with Crippen molar-refractivity contribution in [3.63, 3.8) is 0 Å². The minimum absolute atomic E-state index is 0.184. The molecule has 0 fully saturated rings. The Morgan fingerprint density at radius 2 is 1.06 bits per heavy atom. The second kappa shape index (κ2) is 10.6. The van der Waals surface area contributed by atoms with Gasteiger partial charge in [0.2, 0.25) is 6.69 Å². The molecular weight excluding hydrogens is 626 g/mol. The molecule has 0 amide bonds. The summed E-state index contributed by atoms with van der Waals surface area (Å²) in [5.74, 6) is -21.9. The van der Waals surface area contributed by atoms with Gasteiger partial charge >= 0.3 is 48.4 Å². The van der Waals surface area contributed by atoms with Gasteiger partial charge in [0, 0.05) is 6.61 Å². The molecule has 0 bridgehead atoms. The fraction of sp³-hybridized carbons (Fsp3) is 1.00. The first-order valence-electron chi connectivity index (χ1n) is 8.44. The van der Waals surface area contributed by atoms with Crippen LogP contribution in [0.25, 0.3) is 0 Å². The molecule has 2 unspecified atom stereocenters. The Morgan fingerprint density at radius 3 is 1.39 bits per heavy atom. The van der Waals surface area contributed by atoms with Crippen LogP contribution in [-0.4, -0.2) is 68.3 Å². The highest BCUT2D eigenvalue weighted by atomic mass is 35.7. The molecule has 0 aromatic heterocycles. The quantitative estimate of drug-likeness (QED) is 0.0947. The first-order chi connectivity index (χ1) is 15.4. The molecule has 0 saturated carbocycles. The van der Waals surface area contributed by atoms with Crippen LogP contribution in [0, 0.1) is 0 Å². The van der Waals surface area contributed by atoms with E-state index in [1.807, 2.05) is 0 Å². The zero-order chi connectivity index (χ0) is 29.4. The molecule has 0 aliphatic carbocycles. The standard InChI is InChI=1S/C13H11Cl2F17O3Si/c1-36(14,15)4-2-3-33-5-6(16,9(20,21)22)34-13(31,32)8(19,11(26,27)28)35-12(29,30)7(17,18)10(23,24)25/h2-5H2,1H3. The first-order valence-corrected chi connectivity index (χ1v) is 13.2. The topological polar surface area (TPSA) is 27.7 Å². The smallest absolute Gasteiger partial charge is 0.375 e. The van der Waals surface area contributed by atoms with Crippen molar-refractivity contribution in [2.24, 2.45) is 0 Å². The van der Waals surface area contributed by atoms with Gasteiger partial charge < -0.3 is 4.74 Å². The van der Waals surface area contributed by atoms with Crippen LogP contribution in [-0.2, 0) is 14.2 Å². The maximum Gasteiger partial charge on any atom is 0.462 e. The van der Waals surface area contributed by atoms with Crippen molar-refractivity contribution >= 4 is 28.9 Å². The molecular formula is C13H11Cl2F17O3Si. The van der Waals surface area contributed by atoms with E-state index in [9.17, 15) is 74.6 Å². The van der Waals surface area contributed by atoms with Crippen molar-refractivity contribution in [2.75, 3.05) is 13.2 Å². The summed E-state index contributed by atoms with van der Waals surface area (Å²) < 4.78 is 228. The zero-order valence-electron chi connectivity index (χ0n) is 16.7. The average Bonchev–Trinajstić information content (AvgIpc) is 2.56. The summed E-state index contributed by atoms with van der Waals surface area (Å²) in [5.41, 5.74) is 0. The van der Waals surface area contributed by atoms with Crippen LogP contribution in [0.1, 0.15) is 6.42 Å². The average molecular weight is 637 g/mol. The van der Waals surface area contributed by atoms with E-state index >= 15 is 0 Å². The Hall–Kier alpha value is -0.513. The molecule has 0 spiro atoms. The van der Waals surface area contributed by atoms with E-state index in [1.165, 1.54) is 11.3 Å². The van der Waals surface area contributed by atoms with Gasteiger partial charge in [-0.1, -0.05) is 0 Å². The predicted molar refractivity (Wildman–Crippen MR) is 86.4 cm³/mol. The van der Waals surface area contributed by atoms with Crippen LogP contribution >= 0.6 is 22.2 Å². The fourth-order valence-corrected chi connectivity index (χ4v) is 3.38. The molecule has 0 aliphatic heterocycles. The lowest BCUT2D eigenvalue weighted by atomic mass is 10.2. The molecule has 0 radical (unpaired) electrons. The van der Waals surface area contributed by atoms with E-state index in [1.54, 1.807) is 0 Å². The third kappa shape index (κ3) is 8.00. The maximum absolute atomic E-state index is 14.1. The zero-order valence-corrected chi connectivity index (χ0v) is 19.2. The van der Waals surface area contributed by atoms with Gasteiger partial charge in [-0.05, 0) is 19.0 Å². The molecule has 23 heteroatoms. The summed E-state index contributed by atoms with van der Waals surface area (Å²) in [6.07, 6.45) is -38.2. The lowest BCUT2D eigenvalue weighted by Crippen LogP contribution is -2.67. The van der Waals surface area contributed by atoms with E-state index in [-0.39, 0.29) is 6.04 Å². The molecule has 0 saturated heterocycles. The second-order valence-corrected chi connectivity index (χ2v) is 15.1. The molecule has 36 heavy (non-hydrogen) atoms. The Bertz CT molecular complexity index is 735. The van der Waals surface area contributed by atoms with Gasteiger partial charge in [0.25, 0.3) is 0 Å². The normalized spacial score (nSPS) is 18.7. The van der Waals surface area contributed by atoms with Gasteiger partial charge in [0.15, 0.2) is 0 Å². The molecule has 218 valence electrons. The van der Waals surface area contributed by atoms with E-state index < -0.39 is 74.7 Å². The van der Waals surface area contributed by atoms with E-state index in [0.717, 1.165) is 0 Å². The summed E-state index contributed by atoms with van der Waals surface area (Å²) in [5, 5.41) is 0. The van der Waals surface area contributed by atoms with Crippen LogP contribution in [0.15, 0.2) is 0 Å². The van der Waals surface area contributed by atoms with E-state index in [4.69, 9.17) is 22.2 Å². The third-order valence-corrected chi connectivity index (χ3v) is 6.00. The number of hydrogen-bond acceptors (Lipinski definition) is 3. The van der Waals surface area contributed by atoms with Gasteiger partial charge in [-0.15, -0.1) is 22.2 Å². The van der Waals surface area contributed by atoms with Crippen LogP contribution in [0.5, 0.6) is 0 Å². The molecule has 0 aliphatic rings. The Balaban J connectivity index is 6.24. The molecule has 2 atom stereocenters. The highest BCUT2D eigenvalue weighted by Gasteiger charge is 2.85. The maximum atomic E-state index is 14.1. The van der Waals surface area contributed by atoms with Gasteiger partial charge in [-0.2, -0.15) is 74.6 Å². The third-order valence-electron chi connectivity index (χ3n) is 3.63. The van der Waals surface area contributed by atoms with Crippen molar-refractivity contribution in [1.82, 2.24) is 0 Å². The van der Waals surface area contributed by atoms with Gasteiger partial charge in [0.1, 0.15) is 6.61 Å². The highest BCUT2D eigenvalue weighted by molar-refractivity contribution is 7.44.